The van der Waals surface area contributed by atoms with E-state index in [-0.39, 0.29) is 0 Å². The van der Waals surface area contributed by atoms with Crippen LogP contribution in [0.1, 0.15) is 50.2 Å². The van der Waals surface area contributed by atoms with Crippen molar-refractivity contribution in [3.8, 4) is 5.75 Å². The van der Waals surface area contributed by atoms with Gasteiger partial charge in [-0.15, -0.1) is 0 Å². The molecule has 2 rings (SSSR count). The number of hydrogen-bond donors (Lipinski definition) is 1. The monoisotopic (exact) mass is 297 g/mol. The SMILES string of the molecule is CCC(N)CCC(C)c1ccc(OCc2ccccc2)cc1. The molecule has 2 N–H and O–H groups in total. The first-order valence-corrected chi connectivity index (χ1v) is 8.21. The lowest BCUT2D eigenvalue weighted by Gasteiger charge is -2.15. The third-order valence-electron chi connectivity index (χ3n) is 4.19. The molecule has 0 radical (unpaired) electrons. The maximum atomic E-state index is 6.00. The van der Waals surface area contributed by atoms with E-state index in [0.29, 0.717) is 18.6 Å². The average Bonchev–Trinajstić information content (AvgIpc) is 2.59. The Labute approximate surface area is 134 Å². The van der Waals surface area contributed by atoms with E-state index in [1.165, 1.54) is 11.1 Å². The van der Waals surface area contributed by atoms with E-state index in [1.807, 2.05) is 18.2 Å². The van der Waals surface area contributed by atoms with Crippen molar-refractivity contribution in [1.29, 1.82) is 0 Å². The van der Waals surface area contributed by atoms with Crippen LogP contribution in [0.15, 0.2) is 54.6 Å². The maximum Gasteiger partial charge on any atom is 0.119 e. The van der Waals surface area contributed by atoms with Crippen LogP contribution in [0.4, 0.5) is 0 Å². The fourth-order valence-corrected chi connectivity index (χ4v) is 2.47. The highest BCUT2D eigenvalue weighted by Gasteiger charge is 2.08. The largest absolute Gasteiger partial charge is 0.489 e. The lowest BCUT2D eigenvalue weighted by atomic mass is 9.94. The minimum absolute atomic E-state index is 0.330. The van der Waals surface area contributed by atoms with Crippen molar-refractivity contribution in [2.75, 3.05) is 0 Å². The summed E-state index contributed by atoms with van der Waals surface area (Å²) in [5.41, 5.74) is 8.54. The zero-order chi connectivity index (χ0) is 15.8. The lowest BCUT2D eigenvalue weighted by Crippen LogP contribution is -2.18. The van der Waals surface area contributed by atoms with E-state index in [0.717, 1.165) is 25.0 Å². The predicted molar refractivity (Wildman–Crippen MR) is 93.1 cm³/mol. The Morgan fingerprint density at radius 3 is 2.27 bits per heavy atom. The molecule has 2 nitrogen and oxygen atoms in total. The topological polar surface area (TPSA) is 35.2 Å². The van der Waals surface area contributed by atoms with Gasteiger partial charge in [-0.1, -0.05) is 56.3 Å². The Kier molecular flexibility index (Phi) is 6.47. The zero-order valence-electron chi connectivity index (χ0n) is 13.7. The van der Waals surface area contributed by atoms with Crippen LogP contribution in [0.25, 0.3) is 0 Å². The molecule has 0 fully saturated rings. The molecule has 2 unspecified atom stereocenters. The molecule has 0 amide bonds. The molecule has 0 spiro atoms. The van der Waals surface area contributed by atoms with Crippen molar-refractivity contribution in [2.24, 2.45) is 5.73 Å². The van der Waals surface area contributed by atoms with Crippen LogP contribution in [0.5, 0.6) is 5.75 Å². The van der Waals surface area contributed by atoms with Gasteiger partial charge in [0, 0.05) is 6.04 Å². The average molecular weight is 297 g/mol. The Morgan fingerprint density at radius 1 is 0.955 bits per heavy atom. The summed E-state index contributed by atoms with van der Waals surface area (Å²) < 4.78 is 5.82. The third-order valence-corrected chi connectivity index (χ3v) is 4.19. The summed E-state index contributed by atoms with van der Waals surface area (Å²) in [6.07, 6.45) is 3.28. The number of hydrogen-bond acceptors (Lipinski definition) is 2. The summed E-state index contributed by atoms with van der Waals surface area (Å²) in [4.78, 5) is 0. The van der Waals surface area contributed by atoms with Gasteiger partial charge in [0.2, 0.25) is 0 Å². The quantitative estimate of drug-likeness (QED) is 0.753. The molecular weight excluding hydrogens is 270 g/mol. The van der Waals surface area contributed by atoms with Crippen LogP contribution in [-0.4, -0.2) is 6.04 Å². The lowest BCUT2D eigenvalue weighted by molar-refractivity contribution is 0.306. The molecule has 2 aromatic carbocycles. The minimum atomic E-state index is 0.330. The molecule has 0 aliphatic carbocycles. The maximum absolute atomic E-state index is 6.00. The Bertz CT molecular complexity index is 535. The van der Waals surface area contributed by atoms with Crippen molar-refractivity contribution in [3.63, 3.8) is 0 Å². The van der Waals surface area contributed by atoms with Crippen LogP contribution in [0, 0.1) is 0 Å². The summed E-state index contributed by atoms with van der Waals surface area (Å²) in [5, 5.41) is 0. The molecule has 0 aliphatic rings. The van der Waals surface area contributed by atoms with Gasteiger partial charge in [-0.3, -0.25) is 0 Å². The number of nitrogens with two attached hydrogens (primary N) is 1. The van der Waals surface area contributed by atoms with Crippen LogP contribution < -0.4 is 10.5 Å². The highest BCUT2D eigenvalue weighted by atomic mass is 16.5. The van der Waals surface area contributed by atoms with Gasteiger partial charge in [0.1, 0.15) is 12.4 Å². The number of ether oxygens (including phenoxy) is 1. The van der Waals surface area contributed by atoms with Crippen molar-refractivity contribution < 1.29 is 4.74 Å². The normalized spacial score (nSPS) is 13.6. The molecule has 0 aromatic heterocycles. The van der Waals surface area contributed by atoms with Crippen LogP contribution in [-0.2, 0) is 6.61 Å². The van der Waals surface area contributed by atoms with Crippen molar-refractivity contribution in [2.45, 2.75) is 51.7 Å². The Balaban J connectivity index is 1.84. The van der Waals surface area contributed by atoms with E-state index in [2.05, 4.69) is 50.2 Å². The van der Waals surface area contributed by atoms with E-state index >= 15 is 0 Å². The first-order valence-electron chi connectivity index (χ1n) is 8.21. The fraction of sp³-hybridized carbons (Fsp3) is 0.400. The second-order valence-corrected chi connectivity index (χ2v) is 5.99. The standard InChI is InChI=1S/C20H27NO/c1-3-19(21)12-9-16(2)18-10-13-20(14-11-18)22-15-17-7-5-4-6-8-17/h4-8,10-11,13-14,16,19H,3,9,12,15,21H2,1-2H3. The second-order valence-electron chi connectivity index (χ2n) is 5.99. The summed E-state index contributed by atoms with van der Waals surface area (Å²) in [5.74, 6) is 1.46. The van der Waals surface area contributed by atoms with Gasteiger partial charge in [-0.05, 0) is 48.4 Å². The highest BCUT2D eigenvalue weighted by molar-refractivity contribution is 5.29. The molecule has 0 bridgehead atoms. The van der Waals surface area contributed by atoms with Crippen molar-refractivity contribution in [1.82, 2.24) is 0 Å². The first-order chi connectivity index (χ1) is 10.7. The molecule has 0 saturated carbocycles. The smallest absolute Gasteiger partial charge is 0.119 e. The summed E-state index contributed by atoms with van der Waals surface area (Å²) in [7, 11) is 0. The zero-order valence-corrected chi connectivity index (χ0v) is 13.7. The molecule has 118 valence electrons. The highest BCUT2D eigenvalue weighted by Crippen LogP contribution is 2.24. The van der Waals surface area contributed by atoms with E-state index in [4.69, 9.17) is 10.5 Å². The first kappa shape index (κ1) is 16.6. The van der Waals surface area contributed by atoms with Gasteiger partial charge in [-0.2, -0.15) is 0 Å². The van der Waals surface area contributed by atoms with Gasteiger partial charge in [0.05, 0.1) is 0 Å². The molecule has 0 heterocycles. The molecule has 2 heteroatoms. The fourth-order valence-electron chi connectivity index (χ4n) is 2.47. The van der Waals surface area contributed by atoms with Gasteiger partial charge < -0.3 is 10.5 Å². The minimum Gasteiger partial charge on any atom is -0.489 e. The van der Waals surface area contributed by atoms with E-state index < -0.39 is 0 Å². The van der Waals surface area contributed by atoms with E-state index in [9.17, 15) is 0 Å². The second kappa shape index (κ2) is 8.60. The van der Waals surface area contributed by atoms with Gasteiger partial charge in [-0.25, -0.2) is 0 Å². The third kappa shape index (κ3) is 5.19. The molecule has 2 aromatic rings. The molecular formula is C20H27NO. The van der Waals surface area contributed by atoms with Gasteiger partial charge >= 0.3 is 0 Å². The van der Waals surface area contributed by atoms with Crippen LogP contribution in [0.3, 0.4) is 0 Å². The Hall–Kier alpha value is -1.80. The summed E-state index contributed by atoms with van der Waals surface area (Å²) >= 11 is 0. The van der Waals surface area contributed by atoms with Gasteiger partial charge in [0.15, 0.2) is 0 Å². The van der Waals surface area contributed by atoms with Crippen molar-refractivity contribution >= 4 is 0 Å². The molecule has 0 aliphatic heterocycles. The van der Waals surface area contributed by atoms with Crippen molar-refractivity contribution in [3.05, 3.63) is 65.7 Å². The molecule has 0 saturated heterocycles. The predicted octanol–water partition coefficient (Wildman–Crippen LogP) is 4.89. The van der Waals surface area contributed by atoms with Crippen LogP contribution >= 0.6 is 0 Å². The van der Waals surface area contributed by atoms with E-state index in [1.54, 1.807) is 0 Å². The summed E-state index contributed by atoms with van der Waals surface area (Å²) in [6, 6.07) is 19.0. The molecule has 22 heavy (non-hydrogen) atoms. The van der Waals surface area contributed by atoms with Gasteiger partial charge in [0.25, 0.3) is 0 Å². The Morgan fingerprint density at radius 2 is 1.64 bits per heavy atom. The number of benzene rings is 2. The molecule has 2 atom stereocenters. The van der Waals surface area contributed by atoms with Crippen LogP contribution in [0.2, 0.25) is 0 Å². The number of rotatable bonds is 8. The summed E-state index contributed by atoms with van der Waals surface area (Å²) in [6.45, 7) is 5.03.